The van der Waals surface area contributed by atoms with Crippen LogP contribution < -0.4 is 11.1 Å². The maximum absolute atomic E-state index is 12.0. The number of rotatable bonds is 5. The summed E-state index contributed by atoms with van der Waals surface area (Å²) in [5, 5.41) is 4.44. The predicted octanol–water partition coefficient (Wildman–Crippen LogP) is 3.96. The van der Waals surface area contributed by atoms with Crippen LogP contribution in [0, 0.1) is 6.92 Å². The first-order valence-electron chi connectivity index (χ1n) is 11.9. The van der Waals surface area contributed by atoms with Gasteiger partial charge < -0.3 is 11.1 Å². The normalized spacial score (nSPS) is 17.5. The Balaban J connectivity index is 1.48. The van der Waals surface area contributed by atoms with Gasteiger partial charge >= 0.3 is 0 Å². The fourth-order valence-corrected chi connectivity index (χ4v) is 5.50. The molecule has 2 aromatic carbocycles. The number of amides is 1. The van der Waals surface area contributed by atoms with Crippen LogP contribution in [0.15, 0.2) is 54.6 Å². The van der Waals surface area contributed by atoms with Crippen LogP contribution in [-0.2, 0) is 19.5 Å². The number of carbonyl (C=O) groups excluding carboxylic acids is 1. The third kappa shape index (κ3) is 3.53. The Hall–Kier alpha value is -3.71. The lowest BCUT2D eigenvalue weighted by Gasteiger charge is -2.32. The largest absolute Gasteiger partial charge is 0.366 e. The summed E-state index contributed by atoms with van der Waals surface area (Å²) in [5.74, 6) is 1.10. The molecule has 1 amide bonds. The molecule has 0 aliphatic carbocycles. The number of benzene rings is 2. The third-order valence-corrected chi connectivity index (χ3v) is 7.17. The van der Waals surface area contributed by atoms with Gasteiger partial charge in [0, 0.05) is 41.3 Å². The summed E-state index contributed by atoms with van der Waals surface area (Å²) >= 11 is 0. The van der Waals surface area contributed by atoms with Gasteiger partial charge in [-0.05, 0) is 56.5 Å². The van der Waals surface area contributed by atoms with E-state index in [0.717, 1.165) is 47.6 Å². The molecule has 4 heterocycles. The van der Waals surface area contributed by atoms with E-state index in [1.165, 1.54) is 24.0 Å². The van der Waals surface area contributed by atoms with Crippen molar-refractivity contribution >= 4 is 22.6 Å². The molecule has 1 atom stereocenters. The van der Waals surface area contributed by atoms with Gasteiger partial charge in [-0.3, -0.25) is 14.3 Å². The van der Waals surface area contributed by atoms with Gasteiger partial charge in [-0.2, -0.15) is 4.98 Å². The van der Waals surface area contributed by atoms with E-state index in [1.54, 1.807) is 6.07 Å². The predicted molar refractivity (Wildman–Crippen MR) is 133 cm³/mol. The van der Waals surface area contributed by atoms with Crippen LogP contribution in [0.1, 0.15) is 45.7 Å². The molecule has 7 heteroatoms. The van der Waals surface area contributed by atoms with Gasteiger partial charge in [0.1, 0.15) is 5.82 Å². The summed E-state index contributed by atoms with van der Waals surface area (Å²) in [6.45, 7) is 4.69. The Kier molecular flexibility index (Phi) is 5.07. The molecule has 3 N–H and O–H groups in total. The summed E-state index contributed by atoms with van der Waals surface area (Å²) in [6.07, 6.45) is 3.45. The van der Waals surface area contributed by atoms with Gasteiger partial charge in [-0.25, -0.2) is 4.98 Å². The molecule has 4 aromatic rings. The number of aryl methyl sites for hydroxylation is 1. The van der Waals surface area contributed by atoms with Crippen LogP contribution in [-0.4, -0.2) is 37.9 Å². The fraction of sp³-hybridized carbons (Fsp3) is 0.296. The molecular weight excluding hydrogens is 424 g/mol. The lowest BCUT2D eigenvalue weighted by atomic mass is 9.98. The van der Waals surface area contributed by atoms with Gasteiger partial charge in [-0.1, -0.05) is 36.4 Å². The molecule has 6 rings (SSSR count). The Morgan fingerprint density at radius 3 is 2.82 bits per heavy atom. The van der Waals surface area contributed by atoms with Crippen LogP contribution in [0.4, 0.5) is 5.82 Å². The van der Waals surface area contributed by atoms with Crippen molar-refractivity contribution < 1.29 is 4.79 Å². The first kappa shape index (κ1) is 20.9. The number of hydrogen-bond donors (Lipinski definition) is 2. The molecule has 7 nitrogen and oxygen atoms in total. The fourth-order valence-electron chi connectivity index (χ4n) is 5.50. The second-order valence-corrected chi connectivity index (χ2v) is 9.33. The molecule has 1 fully saturated rings. The van der Waals surface area contributed by atoms with E-state index in [1.807, 2.05) is 35.8 Å². The van der Waals surface area contributed by atoms with Crippen molar-refractivity contribution in [2.24, 2.45) is 5.73 Å². The summed E-state index contributed by atoms with van der Waals surface area (Å²) in [4.78, 5) is 24.7. The Morgan fingerprint density at radius 1 is 1.15 bits per heavy atom. The van der Waals surface area contributed by atoms with E-state index in [0.29, 0.717) is 24.1 Å². The number of fused-ring (bicyclic) bond motifs is 3. The van der Waals surface area contributed by atoms with Crippen molar-refractivity contribution in [2.75, 3.05) is 11.9 Å². The third-order valence-electron chi connectivity index (χ3n) is 7.17. The van der Waals surface area contributed by atoms with Crippen LogP contribution in [0.2, 0.25) is 0 Å². The van der Waals surface area contributed by atoms with Crippen LogP contribution >= 0.6 is 0 Å². The standard InChI is InChI=1S/C27H28N6O/c1-17-13-21-20(25(28)34)10-5-11-24(21)33(17)27-30-23-16-32-12-6-9-19(32)14-22(23)26(31-27)29-15-18-7-3-2-4-8-18/h2-5,7-8,10-11,13,19H,6,9,12,14-16H2,1H3,(H2,28,34)(H,29,30,31). The highest BCUT2D eigenvalue weighted by atomic mass is 16.1. The molecule has 2 aliphatic rings. The monoisotopic (exact) mass is 452 g/mol. The Morgan fingerprint density at radius 2 is 2.00 bits per heavy atom. The minimum atomic E-state index is -0.431. The van der Waals surface area contributed by atoms with Crippen LogP contribution in [0.5, 0.6) is 0 Å². The highest BCUT2D eigenvalue weighted by molar-refractivity contribution is 6.06. The lowest BCUT2D eigenvalue weighted by Crippen LogP contribution is -2.36. The van der Waals surface area contributed by atoms with Gasteiger partial charge in [0.2, 0.25) is 11.9 Å². The average Bonchev–Trinajstić information content (AvgIpc) is 3.44. The van der Waals surface area contributed by atoms with E-state index in [9.17, 15) is 4.79 Å². The molecule has 2 aromatic heterocycles. The first-order valence-corrected chi connectivity index (χ1v) is 11.9. The smallest absolute Gasteiger partial charge is 0.249 e. The maximum atomic E-state index is 12.0. The van der Waals surface area contributed by atoms with E-state index >= 15 is 0 Å². The molecule has 0 spiro atoms. The summed E-state index contributed by atoms with van der Waals surface area (Å²) in [6, 6.07) is 18.6. The number of nitrogens with zero attached hydrogens (tertiary/aromatic N) is 4. The number of aromatic nitrogens is 3. The summed E-state index contributed by atoms with van der Waals surface area (Å²) in [7, 11) is 0. The minimum Gasteiger partial charge on any atom is -0.366 e. The van der Waals surface area contributed by atoms with E-state index in [4.69, 9.17) is 15.7 Å². The zero-order valence-electron chi connectivity index (χ0n) is 19.3. The van der Waals surface area contributed by atoms with Gasteiger partial charge in [0.25, 0.3) is 0 Å². The van der Waals surface area contributed by atoms with Crippen LogP contribution in [0.3, 0.4) is 0 Å². The number of anilines is 1. The summed E-state index contributed by atoms with van der Waals surface area (Å²) in [5.41, 5.74) is 11.5. The zero-order valence-corrected chi connectivity index (χ0v) is 19.3. The molecule has 34 heavy (non-hydrogen) atoms. The van der Waals surface area contributed by atoms with Crippen molar-refractivity contribution in [3.63, 3.8) is 0 Å². The van der Waals surface area contributed by atoms with E-state index in [-0.39, 0.29) is 0 Å². The van der Waals surface area contributed by atoms with Crippen molar-refractivity contribution in [1.29, 1.82) is 0 Å². The van der Waals surface area contributed by atoms with E-state index in [2.05, 4.69) is 34.5 Å². The SMILES string of the molecule is Cc1cc2c(C(N)=O)cccc2n1-c1nc2c(c(NCc3ccccc3)n1)CC1CCCN1C2. The highest BCUT2D eigenvalue weighted by Crippen LogP contribution is 2.34. The molecule has 0 saturated carbocycles. The molecule has 172 valence electrons. The lowest BCUT2D eigenvalue weighted by molar-refractivity contribution is 0.100. The number of nitrogens with two attached hydrogens (primary N) is 1. The van der Waals surface area contributed by atoms with Gasteiger partial charge in [-0.15, -0.1) is 0 Å². The zero-order chi connectivity index (χ0) is 23.2. The van der Waals surface area contributed by atoms with Crippen molar-refractivity contribution in [1.82, 2.24) is 19.4 Å². The quantitative estimate of drug-likeness (QED) is 0.478. The summed E-state index contributed by atoms with van der Waals surface area (Å²) < 4.78 is 2.03. The van der Waals surface area contributed by atoms with E-state index < -0.39 is 5.91 Å². The second kappa shape index (κ2) is 8.25. The number of carbonyl (C=O) groups is 1. The molecule has 1 saturated heterocycles. The van der Waals surface area contributed by atoms with Gasteiger partial charge in [0.15, 0.2) is 0 Å². The number of nitrogens with one attached hydrogen (secondary N) is 1. The molecule has 2 aliphatic heterocycles. The molecular formula is C27H28N6O. The van der Waals surface area contributed by atoms with Crippen LogP contribution in [0.25, 0.3) is 16.9 Å². The number of primary amides is 1. The molecule has 0 bridgehead atoms. The topological polar surface area (TPSA) is 89.1 Å². The van der Waals surface area contributed by atoms with Gasteiger partial charge in [0.05, 0.1) is 11.2 Å². The molecule has 1 unspecified atom stereocenters. The number of hydrogen-bond acceptors (Lipinski definition) is 5. The molecule has 0 radical (unpaired) electrons. The van der Waals surface area contributed by atoms with Crippen molar-refractivity contribution in [3.05, 3.63) is 82.7 Å². The Bertz CT molecular complexity index is 1390. The first-order chi connectivity index (χ1) is 16.6. The highest BCUT2D eigenvalue weighted by Gasteiger charge is 2.33. The average molecular weight is 453 g/mol. The second-order valence-electron chi connectivity index (χ2n) is 9.33. The minimum absolute atomic E-state index is 0.431. The maximum Gasteiger partial charge on any atom is 0.249 e. The van der Waals surface area contributed by atoms with Crippen molar-refractivity contribution in [2.45, 2.75) is 45.3 Å². The Labute approximate surface area is 198 Å². The van der Waals surface area contributed by atoms with Crippen molar-refractivity contribution in [3.8, 4) is 5.95 Å².